The van der Waals surface area contributed by atoms with E-state index in [9.17, 15) is 0 Å². The minimum atomic E-state index is 0.824. The van der Waals surface area contributed by atoms with Gasteiger partial charge in [-0.25, -0.2) is 9.97 Å². The average molecular weight is 215 g/mol. The predicted octanol–water partition coefficient (Wildman–Crippen LogP) is 2.32. The van der Waals surface area contributed by atoms with Gasteiger partial charge in [-0.15, -0.1) is 0 Å². The number of hydrogen-bond donors (Lipinski definition) is 0. The van der Waals surface area contributed by atoms with Gasteiger partial charge in [0.2, 0.25) is 0 Å². The van der Waals surface area contributed by atoms with Gasteiger partial charge in [-0.3, -0.25) is 0 Å². The Hall–Kier alpha value is -0.440. The van der Waals surface area contributed by atoms with Crippen molar-refractivity contribution < 1.29 is 0 Å². The molecule has 1 rings (SSSR count). The van der Waals surface area contributed by atoms with Crippen LogP contribution in [0.2, 0.25) is 0 Å². The van der Waals surface area contributed by atoms with Crippen molar-refractivity contribution >= 4 is 15.9 Å². The Morgan fingerprint density at radius 3 is 3.00 bits per heavy atom. The second-order valence-electron chi connectivity index (χ2n) is 2.38. The molecule has 0 aliphatic rings. The van der Waals surface area contributed by atoms with E-state index < -0.39 is 0 Å². The van der Waals surface area contributed by atoms with Crippen LogP contribution in [0.1, 0.15) is 24.6 Å². The number of rotatable bonds is 3. The van der Waals surface area contributed by atoms with Gasteiger partial charge in [0.05, 0.1) is 5.69 Å². The second kappa shape index (κ2) is 4.44. The molecule has 11 heavy (non-hydrogen) atoms. The van der Waals surface area contributed by atoms with Gasteiger partial charge in [-0.05, 0) is 12.0 Å². The lowest BCUT2D eigenvalue weighted by Crippen LogP contribution is -1.95. The van der Waals surface area contributed by atoms with Gasteiger partial charge in [0.25, 0.3) is 0 Å². The summed E-state index contributed by atoms with van der Waals surface area (Å²) in [4.78, 5) is 8.14. The average Bonchev–Trinajstić information content (AvgIpc) is 2.06. The van der Waals surface area contributed by atoms with E-state index in [0.29, 0.717) is 0 Å². The topological polar surface area (TPSA) is 25.8 Å². The van der Waals surface area contributed by atoms with Gasteiger partial charge in [-0.1, -0.05) is 29.3 Å². The molecule has 1 heterocycles. The van der Waals surface area contributed by atoms with Gasteiger partial charge < -0.3 is 0 Å². The number of aromatic nitrogens is 2. The molecule has 0 aromatic carbocycles. The maximum Gasteiger partial charge on any atom is 0.115 e. The van der Waals surface area contributed by atoms with Crippen molar-refractivity contribution in [2.24, 2.45) is 0 Å². The lowest BCUT2D eigenvalue weighted by atomic mass is 10.1. The standard InChI is InChI=1S/C8H11BrN2/c1-2-3-7-5-10-6-11-8(7)4-9/h5-6H,2-4H2,1H3. The Kier molecular flexibility index (Phi) is 3.49. The molecule has 0 fully saturated rings. The maximum absolute atomic E-state index is 4.16. The SMILES string of the molecule is CCCc1cncnc1CBr. The molecular formula is C8H11BrN2. The quantitative estimate of drug-likeness (QED) is 0.723. The molecule has 0 aliphatic heterocycles. The van der Waals surface area contributed by atoms with Gasteiger partial charge in [0.15, 0.2) is 0 Å². The van der Waals surface area contributed by atoms with E-state index in [1.54, 1.807) is 6.33 Å². The van der Waals surface area contributed by atoms with Crippen LogP contribution in [0.25, 0.3) is 0 Å². The van der Waals surface area contributed by atoms with Crippen LogP contribution in [0.4, 0.5) is 0 Å². The Morgan fingerprint density at radius 2 is 2.36 bits per heavy atom. The molecule has 2 nitrogen and oxygen atoms in total. The van der Waals surface area contributed by atoms with Crippen molar-refractivity contribution in [1.82, 2.24) is 9.97 Å². The molecule has 0 saturated carbocycles. The molecule has 0 bridgehead atoms. The zero-order valence-electron chi connectivity index (χ0n) is 6.55. The molecule has 1 aromatic rings. The van der Waals surface area contributed by atoms with Crippen LogP contribution in [0, 0.1) is 0 Å². The van der Waals surface area contributed by atoms with E-state index in [4.69, 9.17) is 0 Å². The van der Waals surface area contributed by atoms with Crippen LogP contribution in [0.3, 0.4) is 0 Å². The van der Waals surface area contributed by atoms with Crippen LogP contribution in [-0.2, 0) is 11.8 Å². The number of nitrogens with zero attached hydrogens (tertiary/aromatic N) is 2. The number of alkyl halides is 1. The fourth-order valence-electron chi connectivity index (χ4n) is 0.982. The van der Waals surface area contributed by atoms with Crippen LogP contribution in [0.15, 0.2) is 12.5 Å². The highest BCUT2D eigenvalue weighted by Gasteiger charge is 1.99. The summed E-state index contributed by atoms with van der Waals surface area (Å²) in [7, 11) is 0. The van der Waals surface area contributed by atoms with E-state index in [1.807, 2.05) is 6.20 Å². The second-order valence-corrected chi connectivity index (χ2v) is 2.94. The molecule has 3 heteroatoms. The minimum absolute atomic E-state index is 0.824. The van der Waals surface area contributed by atoms with Crippen molar-refractivity contribution in [3.05, 3.63) is 23.8 Å². The Labute approximate surface area is 75.2 Å². The highest BCUT2D eigenvalue weighted by atomic mass is 79.9. The van der Waals surface area contributed by atoms with Crippen molar-refractivity contribution in [1.29, 1.82) is 0 Å². The van der Waals surface area contributed by atoms with E-state index in [0.717, 1.165) is 23.9 Å². The summed E-state index contributed by atoms with van der Waals surface area (Å²) in [6.45, 7) is 2.16. The fourth-order valence-corrected chi connectivity index (χ4v) is 1.49. The number of aryl methyl sites for hydroxylation is 1. The van der Waals surface area contributed by atoms with Crippen LogP contribution in [0.5, 0.6) is 0 Å². The summed E-state index contributed by atoms with van der Waals surface area (Å²) in [5.41, 5.74) is 2.37. The molecular weight excluding hydrogens is 204 g/mol. The Morgan fingerprint density at radius 1 is 1.55 bits per heavy atom. The van der Waals surface area contributed by atoms with Gasteiger partial charge >= 0.3 is 0 Å². The van der Waals surface area contributed by atoms with E-state index in [1.165, 1.54) is 5.56 Å². The number of hydrogen-bond acceptors (Lipinski definition) is 2. The largest absolute Gasteiger partial charge is 0.245 e. The minimum Gasteiger partial charge on any atom is -0.245 e. The zero-order valence-corrected chi connectivity index (χ0v) is 8.13. The Balaban J connectivity index is 2.83. The normalized spacial score (nSPS) is 10.0. The highest BCUT2D eigenvalue weighted by Crippen LogP contribution is 2.09. The third-order valence-electron chi connectivity index (χ3n) is 1.53. The first-order valence-corrected chi connectivity index (χ1v) is 4.84. The Bertz CT molecular complexity index is 225. The molecule has 0 N–H and O–H groups in total. The van der Waals surface area contributed by atoms with Crippen molar-refractivity contribution in [3.8, 4) is 0 Å². The fraction of sp³-hybridized carbons (Fsp3) is 0.500. The van der Waals surface area contributed by atoms with Gasteiger partial charge in [0, 0.05) is 11.5 Å². The van der Waals surface area contributed by atoms with Gasteiger partial charge in [-0.2, -0.15) is 0 Å². The van der Waals surface area contributed by atoms with Crippen molar-refractivity contribution in [3.63, 3.8) is 0 Å². The molecule has 0 radical (unpaired) electrons. The maximum atomic E-state index is 4.16. The zero-order chi connectivity index (χ0) is 8.10. The molecule has 0 spiro atoms. The molecule has 0 aliphatic carbocycles. The van der Waals surface area contributed by atoms with E-state index in [-0.39, 0.29) is 0 Å². The molecule has 0 saturated heterocycles. The first-order valence-electron chi connectivity index (χ1n) is 3.72. The van der Waals surface area contributed by atoms with E-state index >= 15 is 0 Å². The smallest absolute Gasteiger partial charge is 0.115 e. The molecule has 1 aromatic heterocycles. The first kappa shape index (κ1) is 8.65. The summed E-state index contributed by atoms with van der Waals surface area (Å²) in [5.74, 6) is 0. The predicted molar refractivity (Wildman–Crippen MR) is 48.7 cm³/mol. The molecule has 60 valence electrons. The molecule has 0 unspecified atom stereocenters. The van der Waals surface area contributed by atoms with Crippen LogP contribution >= 0.6 is 15.9 Å². The molecule has 0 atom stereocenters. The third kappa shape index (κ3) is 2.26. The van der Waals surface area contributed by atoms with Crippen LogP contribution in [-0.4, -0.2) is 9.97 Å². The monoisotopic (exact) mass is 214 g/mol. The lowest BCUT2D eigenvalue weighted by Gasteiger charge is -2.01. The summed E-state index contributed by atoms with van der Waals surface area (Å²) >= 11 is 3.39. The summed E-state index contributed by atoms with van der Waals surface area (Å²) in [5, 5.41) is 0.824. The summed E-state index contributed by atoms with van der Waals surface area (Å²) in [6, 6.07) is 0. The summed E-state index contributed by atoms with van der Waals surface area (Å²) < 4.78 is 0. The van der Waals surface area contributed by atoms with Gasteiger partial charge in [0.1, 0.15) is 6.33 Å². The van der Waals surface area contributed by atoms with Crippen molar-refractivity contribution in [2.75, 3.05) is 0 Å². The number of halogens is 1. The lowest BCUT2D eigenvalue weighted by molar-refractivity contribution is 0.880. The third-order valence-corrected chi connectivity index (χ3v) is 2.06. The van der Waals surface area contributed by atoms with Crippen LogP contribution < -0.4 is 0 Å². The summed E-state index contributed by atoms with van der Waals surface area (Å²) in [6.07, 6.45) is 5.71. The van der Waals surface area contributed by atoms with Crippen molar-refractivity contribution in [2.45, 2.75) is 25.1 Å². The molecule has 0 amide bonds. The first-order chi connectivity index (χ1) is 5.38. The van der Waals surface area contributed by atoms with E-state index in [2.05, 4.69) is 32.8 Å². The highest BCUT2D eigenvalue weighted by molar-refractivity contribution is 9.08.